The first-order valence-electron chi connectivity index (χ1n) is 11.8. The summed E-state index contributed by atoms with van der Waals surface area (Å²) in [6.07, 6.45) is 5.22. The molecule has 3 aliphatic rings. The van der Waals surface area contributed by atoms with Gasteiger partial charge < -0.3 is 24.1 Å². The second-order valence-electron chi connectivity index (χ2n) is 9.04. The summed E-state index contributed by atoms with van der Waals surface area (Å²) in [4.78, 5) is 26.2. The van der Waals surface area contributed by atoms with E-state index in [9.17, 15) is 14.7 Å². The lowest BCUT2D eigenvalue weighted by Gasteiger charge is -2.45. The van der Waals surface area contributed by atoms with Gasteiger partial charge in [0.15, 0.2) is 11.5 Å². The van der Waals surface area contributed by atoms with Crippen LogP contribution >= 0.6 is 0 Å². The van der Waals surface area contributed by atoms with Crippen LogP contribution in [0.2, 0.25) is 0 Å². The first kappa shape index (κ1) is 23.4. The fourth-order valence-corrected chi connectivity index (χ4v) is 5.37. The Morgan fingerprint density at radius 3 is 2.82 bits per heavy atom. The number of aromatic hydroxyl groups is 1. The number of nitrogens with zero attached hydrogens (tertiary/aromatic N) is 1. The average Bonchev–Trinajstić information content (AvgIpc) is 2.79. The van der Waals surface area contributed by atoms with Crippen LogP contribution in [-0.2, 0) is 36.6 Å². The summed E-state index contributed by atoms with van der Waals surface area (Å²) in [5.74, 6) is -0.297. The number of likely N-dealkylation sites (tertiary alicyclic amines) is 1. The summed E-state index contributed by atoms with van der Waals surface area (Å²) in [7, 11) is 1.25. The second kappa shape index (κ2) is 10.0. The number of piperidine rings is 1. The van der Waals surface area contributed by atoms with Gasteiger partial charge in [-0.15, -0.1) is 0 Å². The largest absolute Gasteiger partial charge is 0.504 e. The molecule has 1 aromatic carbocycles. The molecule has 180 valence electrons. The van der Waals surface area contributed by atoms with E-state index in [1.54, 1.807) is 6.07 Å². The summed E-state index contributed by atoms with van der Waals surface area (Å²) in [6.45, 7) is 5.77. The van der Waals surface area contributed by atoms with Crippen LogP contribution in [0.3, 0.4) is 0 Å². The molecule has 2 heterocycles. The SMILES string of the molecule is CCCN1CCCC2Cc3c(ccc(O)c3O[C@H]3C[C@@H](OC(C)=O)C=C(C(=O)OC)O3)C[C@H]21. The van der Waals surface area contributed by atoms with Crippen LogP contribution in [0.1, 0.15) is 50.7 Å². The molecule has 1 N–H and O–H groups in total. The van der Waals surface area contributed by atoms with Crippen LogP contribution in [0.5, 0.6) is 11.5 Å². The van der Waals surface area contributed by atoms with Crippen molar-refractivity contribution in [2.45, 2.75) is 70.8 Å². The van der Waals surface area contributed by atoms with Crippen molar-refractivity contribution >= 4 is 11.9 Å². The maximum atomic E-state index is 12.1. The molecule has 0 saturated carbocycles. The van der Waals surface area contributed by atoms with Crippen molar-refractivity contribution < 1.29 is 33.6 Å². The quantitative estimate of drug-likeness (QED) is 0.649. The Morgan fingerprint density at radius 2 is 2.09 bits per heavy atom. The van der Waals surface area contributed by atoms with Gasteiger partial charge in [-0.2, -0.15) is 0 Å². The molecule has 0 radical (unpaired) electrons. The number of esters is 2. The third-order valence-electron chi connectivity index (χ3n) is 6.75. The van der Waals surface area contributed by atoms with Crippen molar-refractivity contribution in [3.63, 3.8) is 0 Å². The zero-order chi connectivity index (χ0) is 23.5. The van der Waals surface area contributed by atoms with Gasteiger partial charge in [-0.3, -0.25) is 9.69 Å². The number of hydrogen-bond donors (Lipinski definition) is 1. The third-order valence-corrected chi connectivity index (χ3v) is 6.75. The van der Waals surface area contributed by atoms with E-state index in [0.717, 1.165) is 44.3 Å². The topological polar surface area (TPSA) is 94.5 Å². The number of fused-ring (bicyclic) bond motifs is 2. The minimum absolute atomic E-state index is 0.0373. The van der Waals surface area contributed by atoms with Gasteiger partial charge in [-0.1, -0.05) is 13.0 Å². The highest BCUT2D eigenvalue weighted by atomic mass is 16.7. The Hall–Kier alpha value is -2.74. The van der Waals surface area contributed by atoms with Gasteiger partial charge in [0.05, 0.1) is 13.5 Å². The molecular weight excluding hydrogens is 426 g/mol. The number of benzene rings is 1. The molecule has 0 spiro atoms. The predicted octanol–water partition coefficient (Wildman–Crippen LogP) is 3.10. The van der Waals surface area contributed by atoms with Gasteiger partial charge in [0.1, 0.15) is 6.10 Å². The maximum absolute atomic E-state index is 12.1. The molecule has 1 saturated heterocycles. The van der Waals surface area contributed by atoms with Gasteiger partial charge in [-0.25, -0.2) is 4.79 Å². The minimum atomic E-state index is -0.911. The molecule has 0 amide bonds. The van der Waals surface area contributed by atoms with Crippen LogP contribution in [-0.4, -0.2) is 60.6 Å². The second-order valence-corrected chi connectivity index (χ2v) is 9.04. The Bertz CT molecular complexity index is 926. The summed E-state index contributed by atoms with van der Waals surface area (Å²) in [5, 5.41) is 10.7. The Labute approximate surface area is 194 Å². The molecule has 0 bridgehead atoms. The molecule has 8 nitrogen and oxygen atoms in total. The fraction of sp³-hybridized carbons (Fsp3) is 0.600. The number of ether oxygens (including phenoxy) is 4. The maximum Gasteiger partial charge on any atom is 0.373 e. The van der Waals surface area contributed by atoms with Crippen LogP contribution < -0.4 is 4.74 Å². The zero-order valence-electron chi connectivity index (χ0n) is 19.5. The van der Waals surface area contributed by atoms with Crippen molar-refractivity contribution in [3.05, 3.63) is 35.1 Å². The standard InChI is InChI=1S/C25H33NO7/c1-4-9-26-10-5-6-17-11-19-16(12-20(17)26)7-8-21(28)24(19)33-23-14-18(31-15(2)27)13-22(32-23)25(29)30-3/h7-8,13,17-18,20,23,28H,4-6,9-12,14H2,1-3H3/t17?,18-,20+,23-/m0/s1. The molecule has 33 heavy (non-hydrogen) atoms. The van der Waals surface area contributed by atoms with Crippen molar-refractivity contribution in [2.75, 3.05) is 20.2 Å². The lowest BCUT2D eigenvalue weighted by Crippen LogP contribution is -2.49. The lowest BCUT2D eigenvalue weighted by molar-refractivity contribution is -0.158. The zero-order valence-corrected chi connectivity index (χ0v) is 19.5. The van der Waals surface area contributed by atoms with Crippen molar-refractivity contribution in [3.8, 4) is 11.5 Å². The highest BCUT2D eigenvalue weighted by Gasteiger charge is 2.38. The van der Waals surface area contributed by atoms with E-state index in [4.69, 9.17) is 18.9 Å². The number of phenols is 1. The predicted molar refractivity (Wildman–Crippen MR) is 120 cm³/mol. The number of methoxy groups -OCH3 is 1. The Balaban J connectivity index is 1.58. The van der Waals surface area contributed by atoms with Crippen LogP contribution in [0.15, 0.2) is 24.0 Å². The minimum Gasteiger partial charge on any atom is -0.504 e. The summed E-state index contributed by atoms with van der Waals surface area (Å²) in [5.41, 5.74) is 2.17. The van der Waals surface area contributed by atoms with Crippen LogP contribution in [0, 0.1) is 5.92 Å². The van der Waals surface area contributed by atoms with E-state index in [1.165, 1.54) is 32.1 Å². The van der Waals surface area contributed by atoms with E-state index in [-0.39, 0.29) is 17.9 Å². The summed E-state index contributed by atoms with van der Waals surface area (Å²) >= 11 is 0. The molecule has 1 unspecified atom stereocenters. The normalized spacial score (nSPS) is 26.8. The number of phenolic OH excluding ortho intramolecular Hbond substituents is 1. The first-order chi connectivity index (χ1) is 15.9. The monoisotopic (exact) mass is 459 g/mol. The Morgan fingerprint density at radius 1 is 1.27 bits per heavy atom. The van der Waals surface area contributed by atoms with E-state index >= 15 is 0 Å². The number of carbonyl (C=O) groups excluding carboxylic acids is 2. The van der Waals surface area contributed by atoms with Gasteiger partial charge in [-0.05, 0) is 62.7 Å². The summed E-state index contributed by atoms with van der Waals surface area (Å²) in [6, 6.07) is 4.15. The van der Waals surface area contributed by atoms with Gasteiger partial charge >= 0.3 is 11.9 Å². The van der Waals surface area contributed by atoms with Crippen LogP contribution in [0.25, 0.3) is 0 Å². The molecule has 1 aliphatic carbocycles. The third kappa shape index (κ3) is 5.11. The smallest absolute Gasteiger partial charge is 0.373 e. The van der Waals surface area contributed by atoms with Crippen molar-refractivity contribution in [1.82, 2.24) is 4.90 Å². The lowest BCUT2D eigenvalue weighted by atomic mass is 9.75. The molecule has 1 fully saturated rings. The Kier molecular flexibility index (Phi) is 7.12. The molecule has 1 aromatic rings. The number of carbonyl (C=O) groups is 2. The van der Waals surface area contributed by atoms with Crippen molar-refractivity contribution in [2.24, 2.45) is 5.92 Å². The molecular formula is C25H33NO7. The number of hydrogen-bond acceptors (Lipinski definition) is 8. The first-order valence-corrected chi connectivity index (χ1v) is 11.8. The van der Waals surface area contributed by atoms with Gasteiger partial charge in [0.25, 0.3) is 0 Å². The molecule has 0 aromatic heterocycles. The van der Waals surface area contributed by atoms with Crippen LogP contribution in [0.4, 0.5) is 0 Å². The van der Waals surface area contributed by atoms with Gasteiger partial charge in [0.2, 0.25) is 12.0 Å². The van der Waals surface area contributed by atoms with E-state index in [1.807, 2.05) is 6.07 Å². The molecule has 8 heteroatoms. The summed E-state index contributed by atoms with van der Waals surface area (Å²) < 4.78 is 21.9. The van der Waals surface area contributed by atoms with Crippen molar-refractivity contribution in [1.29, 1.82) is 0 Å². The van der Waals surface area contributed by atoms with E-state index in [2.05, 4.69) is 11.8 Å². The molecule has 2 aliphatic heterocycles. The number of rotatable bonds is 6. The van der Waals surface area contributed by atoms with Gasteiger partial charge in [0, 0.05) is 24.6 Å². The van der Waals surface area contributed by atoms with E-state index in [0.29, 0.717) is 17.7 Å². The highest BCUT2D eigenvalue weighted by Crippen LogP contribution is 2.43. The highest BCUT2D eigenvalue weighted by molar-refractivity contribution is 5.86. The molecule has 4 rings (SSSR count). The van der Waals surface area contributed by atoms with E-state index < -0.39 is 24.3 Å². The fourth-order valence-electron chi connectivity index (χ4n) is 5.37. The molecule has 4 atom stereocenters. The average molecular weight is 460 g/mol.